The molecule has 3 aliphatic rings. The van der Waals surface area contributed by atoms with Crippen molar-refractivity contribution in [2.24, 2.45) is 0 Å². The first kappa shape index (κ1) is 30.2. The molecular weight excluding hydrogens is 757 g/mol. The van der Waals surface area contributed by atoms with Gasteiger partial charge in [0.2, 0.25) is 0 Å². The molecule has 9 rings (SSSR count). The first-order valence-electron chi connectivity index (χ1n) is 14.5. The largest absolute Gasteiger partial charge is 0.357 e. The van der Waals surface area contributed by atoms with Crippen LogP contribution in [0.2, 0.25) is 0 Å². The van der Waals surface area contributed by atoms with Crippen molar-refractivity contribution in [3.63, 3.8) is 0 Å². The molecule has 46 heavy (non-hydrogen) atoms. The fourth-order valence-corrected chi connectivity index (χ4v) is 4.65. The van der Waals surface area contributed by atoms with E-state index in [4.69, 9.17) is 14.5 Å². The Labute approximate surface area is 280 Å². The van der Waals surface area contributed by atoms with Gasteiger partial charge < -0.3 is 14.5 Å². The Morgan fingerprint density at radius 1 is 0.304 bits per heavy atom. The summed E-state index contributed by atoms with van der Waals surface area (Å²) >= 11 is 0. The Kier molecular flexibility index (Phi) is 9.39. The minimum absolute atomic E-state index is 0. The van der Waals surface area contributed by atoms with Gasteiger partial charge in [-0.3, -0.25) is 16.3 Å². The van der Waals surface area contributed by atoms with Gasteiger partial charge in [0.05, 0.1) is 17.1 Å². The second-order valence-electron chi connectivity index (χ2n) is 9.99. The third-order valence-corrected chi connectivity index (χ3v) is 6.87. The van der Waals surface area contributed by atoms with Crippen molar-refractivity contribution >= 4 is 34.1 Å². The Morgan fingerprint density at radius 2 is 0.543 bits per heavy atom. The SMILES string of the molecule is [Ir].c1ccc(N2Nc3ccccc3O2)cc1.c1ccc(N2Nc3ccccc3O2)cc1.c1ccc(N2Nc3ccccc3O2)cc1. The Bertz CT molecular complexity index is 1560. The van der Waals surface area contributed by atoms with E-state index >= 15 is 0 Å². The molecule has 3 aliphatic heterocycles. The molecule has 231 valence electrons. The van der Waals surface area contributed by atoms with Crippen LogP contribution in [0.15, 0.2) is 164 Å². The van der Waals surface area contributed by atoms with Crippen LogP contribution in [0.4, 0.5) is 34.1 Å². The molecule has 1 radical (unpaired) electrons. The smallest absolute Gasteiger partial charge is 0.182 e. The van der Waals surface area contributed by atoms with Crippen LogP contribution in [0.25, 0.3) is 0 Å². The van der Waals surface area contributed by atoms with E-state index in [1.54, 1.807) is 15.5 Å². The van der Waals surface area contributed by atoms with Gasteiger partial charge in [-0.1, -0.05) is 91.0 Å². The first-order valence-corrected chi connectivity index (χ1v) is 14.5. The summed E-state index contributed by atoms with van der Waals surface area (Å²) in [6.07, 6.45) is 0. The van der Waals surface area contributed by atoms with E-state index in [9.17, 15) is 0 Å². The predicted octanol–water partition coefficient (Wildman–Crippen LogP) is 8.48. The number of hydrogen-bond acceptors (Lipinski definition) is 9. The maximum Gasteiger partial charge on any atom is 0.182 e. The summed E-state index contributed by atoms with van der Waals surface area (Å²) < 4.78 is 0. The molecule has 0 unspecified atom stereocenters. The molecule has 10 heteroatoms. The van der Waals surface area contributed by atoms with Gasteiger partial charge >= 0.3 is 0 Å². The van der Waals surface area contributed by atoms with Crippen LogP contribution in [-0.4, -0.2) is 0 Å². The number of hydrogen-bond donors (Lipinski definition) is 3. The Balaban J connectivity index is 0.000000120. The predicted molar refractivity (Wildman–Crippen MR) is 179 cm³/mol. The van der Waals surface area contributed by atoms with E-state index in [1.165, 1.54) is 0 Å². The molecular formula is C36H30IrN6O3. The molecule has 0 amide bonds. The van der Waals surface area contributed by atoms with Gasteiger partial charge in [0.15, 0.2) is 17.2 Å². The van der Waals surface area contributed by atoms with E-state index in [0.29, 0.717) is 0 Å². The number of nitrogens with zero attached hydrogens (tertiary/aromatic N) is 3. The summed E-state index contributed by atoms with van der Waals surface area (Å²) in [5.41, 5.74) is 15.4. The molecule has 9 nitrogen and oxygen atoms in total. The second kappa shape index (κ2) is 14.3. The Hall–Kier alpha value is -5.83. The molecule has 6 aromatic rings. The van der Waals surface area contributed by atoms with Gasteiger partial charge in [0.25, 0.3) is 0 Å². The normalized spacial score (nSPS) is 12.7. The summed E-state index contributed by atoms with van der Waals surface area (Å²) in [6.45, 7) is 0. The number of hydrazine groups is 3. The topological polar surface area (TPSA) is 73.5 Å². The number of anilines is 6. The fraction of sp³-hybridized carbons (Fsp3) is 0. The number of benzene rings is 6. The number of nitrogens with one attached hydrogen (secondary N) is 3. The average molecular weight is 787 g/mol. The summed E-state index contributed by atoms with van der Waals surface area (Å²) in [5, 5.41) is 4.97. The maximum absolute atomic E-state index is 5.62. The molecule has 0 aromatic heterocycles. The number of fused-ring (bicyclic) bond motifs is 3. The quantitative estimate of drug-likeness (QED) is 0.164. The molecule has 0 spiro atoms. The minimum atomic E-state index is 0. The van der Waals surface area contributed by atoms with Gasteiger partial charge in [-0.2, -0.15) is 0 Å². The standard InChI is InChI=1S/3C12H10N2O.Ir/c3*1-2-6-10(7-3-1)14-13-11-8-4-5-9-12(11)15-14;/h3*1-9,13H;. The fourth-order valence-electron chi connectivity index (χ4n) is 4.65. The van der Waals surface area contributed by atoms with E-state index in [1.807, 2.05) is 164 Å². The number of rotatable bonds is 3. The molecule has 0 aliphatic carbocycles. The monoisotopic (exact) mass is 787 g/mol. The van der Waals surface area contributed by atoms with Gasteiger partial charge in [-0.05, 0) is 72.8 Å². The van der Waals surface area contributed by atoms with Crippen LogP contribution in [0.5, 0.6) is 17.2 Å². The van der Waals surface area contributed by atoms with E-state index < -0.39 is 0 Å². The van der Waals surface area contributed by atoms with Crippen LogP contribution >= 0.6 is 0 Å². The van der Waals surface area contributed by atoms with E-state index in [0.717, 1.165) is 51.4 Å². The van der Waals surface area contributed by atoms with Crippen molar-refractivity contribution in [3.8, 4) is 17.2 Å². The van der Waals surface area contributed by atoms with Crippen molar-refractivity contribution in [2.75, 3.05) is 31.8 Å². The van der Waals surface area contributed by atoms with Crippen LogP contribution < -0.4 is 46.3 Å². The van der Waals surface area contributed by atoms with Crippen molar-refractivity contribution in [1.29, 1.82) is 0 Å². The van der Waals surface area contributed by atoms with Crippen molar-refractivity contribution in [2.45, 2.75) is 0 Å². The molecule has 3 N–H and O–H groups in total. The summed E-state index contributed by atoms with van der Waals surface area (Å²) in [6, 6.07) is 53.2. The number of para-hydroxylation sites is 9. The van der Waals surface area contributed by atoms with Gasteiger partial charge in [0, 0.05) is 20.1 Å². The van der Waals surface area contributed by atoms with Crippen molar-refractivity contribution in [3.05, 3.63) is 164 Å². The zero-order chi connectivity index (χ0) is 30.3. The van der Waals surface area contributed by atoms with Crippen LogP contribution in [-0.2, 0) is 20.1 Å². The van der Waals surface area contributed by atoms with Gasteiger partial charge in [-0.15, -0.1) is 15.5 Å². The van der Waals surface area contributed by atoms with Crippen molar-refractivity contribution < 1.29 is 34.6 Å². The Morgan fingerprint density at radius 3 is 0.804 bits per heavy atom. The summed E-state index contributed by atoms with van der Waals surface area (Å²) in [4.78, 5) is 16.8. The third-order valence-electron chi connectivity index (χ3n) is 6.87. The van der Waals surface area contributed by atoms with Crippen LogP contribution in [0, 0.1) is 0 Å². The van der Waals surface area contributed by atoms with Crippen LogP contribution in [0.1, 0.15) is 0 Å². The molecule has 0 fully saturated rings. The molecule has 0 bridgehead atoms. The van der Waals surface area contributed by atoms with Crippen molar-refractivity contribution in [1.82, 2.24) is 0 Å². The zero-order valence-electron chi connectivity index (χ0n) is 24.5. The van der Waals surface area contributed by atoms with E-state index in [-0.39, 0.29) is 20.1 Å². The first-order chi connectivity index (χ1) is 22.3. The molecule has 0 saturated heterocycles. The molecule has 0 atom stereocenters. The second-order valence-corrected chi connectivity index (χ2v) is 9.99. The summed E-state index contributed by atoms with van der Waals surface area (Å²) in [7, 11) is 0. The summed E-state index contributed by atoms with van der Waals surface area (Å²) in [5.74, 6) is 2.55. The molecule has 0 saturated carbocycles. The zero-order valence-corrected chi connectivity index (χ0v) is 26.9. The molecule has 6 aromatic carbocycles. The van der Waals surface area contributed by atoms with Gasteiger partial charge in [0.1, 0.15) is 17.1 Å². The van der Waals surface area contributed by atoms with Gasteiger partial charge in [-0.25, -0.2) is 0 Å². The maximum atomic E-state index is 5.62. The average Bonchev–Trinajstić information content (AvgIpc) is 3.87. The molecule has 3 heterocycles. The van der Waals surface area contributed by atoms with E-state index in [2.05, 4.69) is 16.3 Å². The van der Waals surface area contributed by atoms with Crippen LogP contribution in [0.3, 0.4) is 0 Å². The minimum Gasteiger partial charge on any atom is -0.357 e. The third kappa shape index (κ3) is 6.94.